The maximum atomic E-state index is 11.5. The molecule has 1 aromatic carbocycles. The summed E-state index contributed by atoms with van der Waals surface area (Å²) in [6.07, 6.45) is 1.44. The van der Waals surface area contributed by atoms with Crippen LogP contribution in [0.1, 0.15) is 5.56 Å². The van der Waals surface area contributed by atoms with E-state index in [4.69, 9.17) is 0 Å². The van der Waals surface area contributed by atoms with E-state index in [-0.39, 0.29) is 5.56 Å². The maximum absolute atomic E-state index is 11.5. The van der Waals surface area contributed by atoms with Crippen molar-refractivity contribution in [2.75, 3.05) is 0 Å². The molecule has 0 saturated carbocycles. The number of aryl methyl sites for hydroxylation is 1. The van der Waals surface area contributed by atoms with Gasteiger partial charge in [-0.1, -0.05) is 23.9 Å². The van der Waals surface area contributed by atoms with E-state index in [1.54, 1.807) is 0 Å². The number of rotatable bonds is 1. The number of aromatic amines is 1. The molecule has 0 radical (unpaired) electrons. The lowest BCUT2D eigenvalue weighted by atomic mass is 9.71. The zero-order valence-corrected chi connectivity index (χ0v) is 8.29. The molecule has 4 heteroatoms. The van der Waals surface area contributed by atoms with Gasteiger partial charge in [-0.2, -0.15) is 0 Å². The van der Waals surface area contributed by atoms with Gasteiger partial charge in [-0.15, -0.1) is 0 Å². The van der Waals surface area contributed by atoms with E-state index in [2.05, 4.69) is 16.8 Å². The molecule has 0 amide bonds. The fraction of sp³-hybridized carbons (Fsp3) is 0.200. The second kappa shape index (κ2) is 3.29. The van der Waals surface area contributed by atoms with Crippen molar-refractivity contribution < 1.29 is 0 Å². The van der Waals surface area contributed by atoms with Crippen LogP contribution < -0.4 is 11.0 Å². The smallest absolute Gasteiger partial charge is 0.258 e. The van der Waals surface area contributed by atoms with Crippen LogP contribution in [0.15, 0.2) is 23.3 Å². The lowest BCUT2D eigenvalue weighted by Gasteiger charge is -2.03. The highest BCUT2D eigenvalue weighted by Gasteiger charge is 2.03. The van der Waals surface area contributed by atoms with Gasteiger partial charge in [0.1, 0.15) is 0 Å². The van der Waals surface area contributed by atoms with E-state index in [1.165, 1.54) is 17.4 Å². The molecule has 2 aromatic rings. The van der Waals surface area contributed by atoms with Crippen molar-refractivity contribution in [2.45, 2.75) is 13.7 Å². The quantitative estimate of drug-likeness (QED) is 0.652. The first-order valence-electron chi connectivity index (χ1n) is 4.69. The molecule has 1 aromatic heterocycles. The molecule has 0 unspecified atom stereocenters. The lowest BCUT2D eigenvalue weighted by molar-refractivity contribution is 1.17. The average molecular weight is 186 g/mol. The van der Waals surface area contributed by atoms with Gasteiger partial charge in [0.15, 0.2) is 7.28 Å². The summed E-state index contributed by atoms with van der Waals surface area (Å²) in [4.78, 5) is 18.2. The van der Waals surface area contributed by atoms with Crippen molar-refractivity contribution in [3.63, 3.8) is 0 Å². The minimum Gasteiger partial charge on any atom is -0.313 e. The Bertz CT molecular complexity index is 533. The maximum Gasteiger partial charge on any atom is 0.258 e. The normalized spacial score (nSPS) is 10.4. The molecule has 2 rings (SSSR count). The summed E-state index contributed by atoms with van der Waals surface area (Å²) < 4.78 is 0. The fourth-order valence-corrected chi connectivity index (χ4v) is 1.65. The molecule has 0 atom stereocenters. The Labute approximate surface area is 82.4 Å². The van der Waals surface area contributed by atoms with Gasteiger partial charge in [-0.3, -0.25) is 4.79 Å². The van der Waals surface area contributed by atoms with Crippen LogP contribution in [0.4, 0.5) is 0 Å². The summed E-state index contributed by atoms with van der Waals surface area (Å²) in [5.74, 6) is 0. The zero-order chi connectivity index (χ0) is 10.1. The summed E-state index contributed by atoms with van der Waals surface area (Å²) >= 11 is 0. The zero-order valence-electron chi connectivity index (χ0n) is 8.29. The van der Waals surface area contributed by atoms with Crippen molar-refractivity contribution in [3.8, 4) is 0 Å². The molecule has 14 heavy (non-hydrogen) atoms. The van der Waals surface area contributed by atoms with Crippen molar-refractivity contribution >= 4 is 23.6 Å². The number of hydrogen-bond acceptors (Lipinski definition) is 2. The second-order valence-electron chi connectivity index (χ2n) is 3.38. The molecule has 1 heterocycles. The van der Waals surface area contributed by atoms with E-state index < -0.39 is 0 Å². The van der Waals surface area contributed by atoms with E-state index >= 15 is 0 Å². The van der Waals surface area contributed by atoms with Gasteiger partial charge < -0.3 is 4.98 Å². The molecule has 1 N–H and O–H groups in total. The summed E-state index contributed by atoms with van der Waals surface area (Å²) in [5, 5.41) is 0.676. The Morgan fingerprint density at radius 1 is 1.43 bits per heavy atom. The third kappa shape index (κ3) is 1.33. The standard InChI is InChI=1S/C10H11BN2O/c1-6-3-9-7(4-8(6)11-2)10(14)13-5-12-9/h3-5,11H,1-2H3,(H,12,13,14). The Hall–Kier alpha value is -1.58. The molecule has 3 nitrogen and oxygen atoms in total. The van der Waals surface area contributed by atoms with Crippen molar-refractivity contribution in [3.05, 3.63) is 34.4 Å². The van der Waals surface area contributed by atoms with Gasteiger partial charge >= 0.3 is 0 Å². The fourth-order valence-electron chi connectivity index (χ4n) is 1.65. The van der Waals surface area contributed by atoms with Crippen LogP contribution in [-0.2, 0) is 0 Å². The van der Waals surface area contributed by atoms with Crippen molar-refractivity contribution in [1.82, 2.24) is 9.97 Å². The van der Waals surface area contributed by atoms with Crippen LogP contribution in [0.2, 0.25) is 6.82 Å². The molecule has 0 aliphatic heterocycles. The highest BCUT2D eigenvalue weighted by molar-refractivity contribution is 6.53. The van der Waals surface area contributed by atoms with Crippen LogP contribution >= 0.6 is 0 Å². The molecule has 0 aliphatic carbocycles. The minimum absolute atomic E-state index is 0.0651. The Morgan fingerprint density at radius 3 is 2.93 bits per heavy atom. The number of aromatic nitrogens is 2. The van der Waals surface area contributed by atoms with Crippen LogP contribution in [0.25, 0.3) is 10.9 Å². The van der Waals surface area contributed by atoms with Gasteiger partial charge in [0.05, 0.1) is 17.2 Å². The summed E-state index contributed by atoms with van der Waals surface area (Å²) in [7, 11) is 0.941. The molecular formula is C10H11BN2O. The SMILES string of the molecule is CBc1cc2c(=O)[nH]cnc2cc1C. The predicted octanol–water partition coefficient (Wildman–Crippen LogP) is 0.341. The summed E-state index contributed by atoms with van der Waals surface area (Å²) in [5.41, 5.74) is 3.10. The molecule has 0 aliphatic rings. The minimum atomic E-state index is -0.0651. The lowest BCUT2D eigenvalue weighted by Crippen LogP contribution is -2.17. The highest BCUT2D eigenvalue weighted by atomic mass is 16.1. The van der Waals surface area contributed by atoms with Gasteiger partial charge in [0.2, 0.25) is 0 Å². The van der Waals surface area contributed by atoms with Crippen molar-refractivity contribution in [2.24, 2.45) is 0 Å². The van der Waals surface area contributed by atoms with Crippen LogP contribution in [0.3, 0.4) is 0 Å². The Balaban J connectivity index is 2.87. The first-order chi connectivity index (χ1) is 6.72. The monoisotopic (exact) mass is 186 g/mol. The van der Waals surface area contributed by atoms with Gasteiger partial charge in [0.25, 0.3) is 5.56 Å². The molecule has 0 fully saturated rings. The van der Waals surface area contributed by atoms with Gasteiger partial charge in [-0.05, 0) is 13.0 Å². The third-order valence-corrected chi connectivity index (χ3v) is 2.48. The Morgan fingerprint density at radius 2 is 2.21 bits per heavy atom. The first-order valence-corrected chi connectivity index (χ1v) is 4.69. The molecule has 0 spiro atoms. The first kappa shape index (κ1) is 9.00. The molecule has 70 valence electrons. The van der Waals surface area contributed by atoms with Gasteiger partial charge in [-0.25, -0.2) is 4.98 Å². The summed E-state index contributed by atoms with van der Waals surface area (Å²) in [6, 6.07) is 3.89. The Kier molecular flexibility index (Phi) is 2.12. The largest absolute Gasteiger partial charge is 0.313 e. The number of nitrogens with one attached hydrogen (secondary N) is 1. The van der Waals surface area contributed by atoms with E-state index in [1.807, 2.05) is 19.1 Å². The van der Waals surface area contributed by atoms with Crippen molar-refractivity contribution in [1.29, 1.82) is 0 Å². The van der Waals surface area contributed by atoms with E-state index in [9.17, 15) is 4.79 Å². The second-order valence-corrected chi connectivity index (χ2v) is 3.38. The van der Waals surface area contributed by atoms with Crippen LogP contribution in [-0.4, -0.2) is 17.2 Å². The number of nitrogens with zero attached hydrogens (tertiary/aromatic N) is 1. The number of H-pyrrole nitrogens is 1. The number of fused-ring (bicyclic) bond motifs is 1. The summed E-state index contributed by atoms with van der Waals surface area (Å²) in [6.45, 7) is 4.12. The predicted molar refractivity (Wildman–Crippen MR) is 59.7 cm³/mol. The number of hydrogen-bond donors (Lipinski definition) is 1. The third-order valence-electron chi connectivity index (χ3n) is 2.48. The average Bonchev–Trinajstić information content (AvgIpc) is 2.17. The number of benzene rings is 1. The topological polar surface area (TPSA) is 45.8 Å². The van der Waals surface area contributed by atoms with E-state index in [0.717, 1.165) is 12.8 Å². The van der Waals surface area contributed by atoms with Gasteiger partial charge in [0, 0.05) is 0 Å². The molecule has 0 saturated heterocycles. The molecular weight excluding hydrogens is 175 g/mol. The van der Waals surface area contributed by atoms with E-state index in [0.29, 0.717) is 5.39 Å². The highest BCUT2D eigenvalue weighted by Crippen LogP contribution is 2.06. The van der Waals surface area contributed by atoms with Crippen LogP contribution in [0, 0.1) is 6.92 Å². The molecule has 0 bridgehead atoms. The van der Waals surface area contributed by atoms with Crippen LogP contribution in [0.5, 0.6) is 0 Å².